The minimum absolute atomic E-state index is 0.0881. The number of hydrogen-bond acceptors (Lipinski definition) is 6. The van der Waals surface area contributed by atoms with Gasteiger partial charge in [-0.05, 0) is 35.9 Å². The predicted molar refractivity (Wildman–Crippen MR) is 124 cm³/mol. The van der Waals surface area contributed by atoms with Gasteiger partial charge in [0, 0.05) is 18.5 Å². The smallest absolute Gasteiger partial charge is 0.307 e. The molecule has 3 rings (SSSR count). The first-order chi connectivity index (χ1) is 15.9. The van der Waals surface area contributed by atoms with Gasteiger partial charge in [-0.25, -0.2) is 0 Å². The van der Waals surface area contributed by atoms with Gasteiger partial charge < -0.3 is 28.8 Å². The third-order valence-corrected chi connectivity index (χ3v) is 5.41. The van der Waals surface area contributed by atoms with Crippen LogP contribution in [0.3, 0.4) is 0 Å². The van der Waals surface area contributed by atoms with Crippen LogP contribution in [0.4, 0.5) is 0 Å². The first kappa shape index (κ1) is 24.0. The highest BCUT2D eigenvalue weighted by molar-refractivity contribution is 6.33. The van der Waals surface area contributed by atoms with Gasteiger partial charge in [0.05, 0.1) is 57.2 Å². The van der Waals surface area contributed by atoms with E-state index in [-0.39, 0.29) is 12.0 Å². The van der Waals surface area contributed by atoms with Gasteiger partial charge in [-0.2, -0.15) is 0 Å². The molecule has 0 spiro atoms. The first-order valence-electron chi connectivity index (χ1n) is 10.0. The maximum atomic E-state index is 13.2. The van der Waals surface area contributed by atoms with Gasteiger partial charge in [-0.15, -0.1) is 0 Å². The van der Waals surface area contributed by atoms with Gasteiger partial charge in [0.25, 0.3) is 5.91 Å². The van der Waals surface area contributed by atoms with Crippen LogP contribution in [0.5, 0.6) is 17.2 Å². The Morgan fingerprint density at radius 3 is 2.21 bits per heavy atom. The second-order valence-electron chi connectivity index (χ2n) is 7.01. The molecule has 1 N–H and O–H groups in total. The topological polar surface area (TPSA) is 88.0 Å². The molecule has 0 saturated heterocycles. The van der Waals surface area contributed by atoms with Crippen LogP contribution in [0.2, 0.25) is 5.02 Å². The summed E-state index contributed by atoms with van der Waals surface area (Å²) in [6, 6.07) is 11.4. The average Bonchev–Trinajstić information content (AvgIpc) is 3.37. The van der Waals surface area contributed by atoms with E-state index in [2.05, 4.69) is 5.32 Å². The SMILES string of the molecule is COC(=O)CC(NC(=O)c1cc(Cl)c(-n2cccc2)cc1OC)c1ccc(OC)c(OC)c1. The Morgan fingerprint density at radius 1 is 0.939 bits per heavy atom. The summed E-state index contributed by atoms with van der Waals surface area (Å²) in [5.74, 6) is 0.388. The van der Waals surface area contributed by atoms with Crippen molar-refractivity contribution in [3.63, 3.8) is 0 Å². The molecule has 0 radical (unpaired) electrons. The number of carbonyl (C=O) groups excluding carboxylic acids is 2. The number of methoxy groups -OCH3 is 4. The van der Waals surface area contributed by atoms with Crippen molar-refractivity contribution in [1.82, 2.24) is 9.88 Å². The number of amides is 1. The van der Waals surface area contributed by atoms with Gasteiger partial charge in [0.1, 0.15) is 5.75 Å². The average molecular weight is 473 g/mol. The Hall–Kier alpha value is -3.65. The molecule has 0 aliphatic heterocycles. The maximum absolute atomic E-state index is 13.2. The van der Waals surface area contributed by atoms with Crippen molar-refractivity contribution in [2.45, 2.75) is 12.5 Å². The van der Waals surface area contributed by atoms with E-state index in [1.165, 1.54) is 34.5 Å². The van der Waals surface area contributed by atoms with Crippen LogP contribution in [-0.4, -0.2) is 44.9 Å². The second kappa shape index (κ2) is 10.8. The van der Waals surface area contributed by atoms with Crippen LogP contribution in [0.15, 0.2) is 54.9 Å². The zero-order valence-corrected chi connectivity index (χ0v) is 19.5. The summed E-state index contributed by atoms with van der Waals surface area (Å²) >= 11 is 6.47. The monoisotopic (exact) mass is 472 g/mol. The summed E-state index contributed by atoms with van der Waals surface area (Å²) in [6.45, 7) is 0. The van der Waals surface area contributed by atoms with Crippen molar-refractivity contribution in [3.8, 4) is 22.9 Å². The molecule has 33 heavy (non-hydrogen) atoms. The molecule has 1 amide bonds. The van der Waals surface area contributed by atoms with Crippen LogP contribution in [0.1, 0.15) is 28.4 Å². The number of nitrogens with one attached hydrogen (secondary N) is 1. The number of hydrogen-bond donors (Lipinski definition) is 1. The van der Waals surface area contributed by atoms with E-state index in [4.69, 9.17) is 30.5 Å². The van der Waals surface area contributed by atoms with E-state index in [0.717, 1.165) is 0 Å². The fourth-order valence-electron chi connectivity index (χ4n) is 3.39. The van der Waals surface area contributed by atoms with Crippen molar-refractivity contribution in [2.75, 3.05) is 28.4 Å². The fraction of sp³-hybridized carbons (Fsp3) is 0.250. The minimum atomic E-state index is -0.697. The van der Waals surface area contributed by atoms with Gasteiger partial charge in [-0.1, -0.05) is 17.7 Å². The van der Waals surface area contributed by atoms with E-state index in [9.17, 15) is 9.59 Å². The summed E-state index contributed by atoms with van der Waals surface area (Å²) in [7, 11) is 5.80. The van der Waals surface area contributed by atoms with Gasteiger partial charge in [0.15, 0.2) is 11.5 Å². The van der Waals surface area contributed by atoms with Crippen LogP contribution in [0, 0.1) is 0 Å². The molecule has 0 aliphatic carbocycles. The molecule has 2 aromatic carbocycles. The van der Waals surface area contributed by atoms with Gasteiger partial charge >= 0.3 is 5.97 Å². The van der Waals surface area contributed by atoms with Crippen molar-refractivity contribution in [2.24, 2.45) is 0 Å². The quantitative estimate of drug-likeness (QED) is 0.470. The second-order valence-corrected chi connectivity index (χ2v) is 7.42. The zero-order chi connectivity index (χ0) is 24.0. The highest BCUT2D eigenvalue weighted by Gasteiger charge is 2.24. The number of benzene rings is 2. The molecular formula is C24H25ClN2O6. The van der Waals surface area contributed by atoms with Crippen LogP contribution in [-0.2, 0) is 9.53 Å². The summed E-state index contributed by atoms with van der Waals surface area (Å²) in [5.41, 5.74) is 1.54. The summed E-state index contributed by atoms with van der Waals surface area (Å²) in [4.78, 5) is 25.3. The van der Waals surface area contributed by atoms with E-state index in [0.29, 0.717) is 33.5 Å². The number of rotatable bonds is 9. The number of ether oxygens (including phenoxy) is 4. The lowest BCUT2D eigenvalue weighted by Crippen LogP contribution is -2.31. The number of carbonyl (C=O) groups is 2. The molecule has 0 bridgehead atoms. The lowest BCUT2D eigenvalue weighted by molar-refractivity contribution is -0.141. The highest BCUT2D eigenvalue weighted by atomic mass is 35.5. The fourth-order valence-corrected chi connectivity index (χ4v) is 3.65. The Kier molecular flexibility index (Phi) is 7.84. The largest absolute Gasteiger partial charge is 0.496 e. The zero-order valence-electron chi connectivity index (χ0n) is 18.8. The van der Waals surface area contributed by atoms with Crippen LogP contribution >= 0.6 is 11.6 Å². The standard InChI is InChI=1S/C24H25ClN2O6/c1-30-20-8-7-15(11-22(20)32-3)18(13-23(28)33-4)26-24(29)16-12-17(25)19(14-21(16)31-2)27-9-5-6-10-27/h5-12,14,18H,13H2,1-4H3,(H,26,29). The van der Waals surface area contributed by atoms with Gasteiger partial charge in [-0.3, -0.25) is 9.59 Å². The Morgan fingerprint density at radius 2 is 1.61 bits per heavy atom. The predicted octanol–water partition coefficient (Wildman–Crippen LogP) is 4.19. The maximum Gasteiger partial charge on any atom is 0.307 e. The van der Waals surface area contributed by atoms with E-state index in [1.807, 2.05) is 29.1 Å². The molecule has 1 heterocycles. The molecular weight excluding hydrogens is 448 g/mol. The lowest BCUT2D eigenvalue weighted by Gasteiger charge is -2.21. The third-order valence-electron chi connectivity index (χ3n) is 5.11. The number of aromatic nitrogens is 1. The normalized spacial score (nSPS) is 11.4. The van der Waals surface area contributed by atoms with Gasteiger partial charge in [0.2, 0.25) is 0 Å². The Labute approximate surface area is 197 Å². The molecule has 3 aromatic rings. The molecule has 8 nitrogen and oxygen atoms in total. The first-order valence-corrected chi connectivity index (χ1v) is 10.4. The minimum Gasteiger partial charge on any atom is -0.496 e. The summed E-state index contributed by atoms with van der Waals surface area (Å²) < 4.78 is 22.7. The van der Waals surface area contributed by atoms with Crippen molar-refractivity contribution < 1.29 is 28.5 Å². The molecule has 9 heteroatoms. The summed E-state index contributed by atoms with van der Waals surface area (Å²) in [6.07, 6.45) is 3.59. The molecule has 1 unspecified atom stereocenters. The molecule has 0 aliphatic rings. The Bertz CT molecular complexity index is 1130. The molecule has 174 valence electrons. The van der Waals surface area contributed by atoms with Crippen LogP contribution in [0.25, 0.3) is 5.69 Å². The summed E-state index contributed by atoms with van der Waals surface area (Å²) in [5, 5.41) is 3.25. The number of esters is 1. The molecule has 0 fully saturated rings. The van der Waals surface area contributed by atoms with E-state index >= 15 is 0 Å². The Balaban J connectivity index is 1.95. The third kappa shape index (κ3) is 5.40. The molecule has 1 atom stereocenters. The number of nitrogens with zero attached hydrogens (tertiary/aromatic N) is 1. The number of halogens is 1. The lowest BCUT2D eigenvalue weighted by atomic mass is 10.0. The highest BCUT2D eigenvalue weighted by Crippen LogP contribution is 2.33. The van der Waals surface area contributed by atoms with E-state index in [1.54, 1.807) is 24.3 Å². The van der Waals surface area contributed by atoms with Crippen molar-refractivity contribution in [3.05, 3.63) is 71.0 Å². The van der Waals surface area contributed by atoms with Crippen molar-refractivity contribution in [1.29, 1.82) is 0 Å². The molecule has 1 aromatic heterocycles. The van der Waals surface area contributed by atoms with Crippen molar-refractivity contribution >= 4 is 23.5 Å². The van der Waals surface area contributed by atoms with E-state index < -0.39 is 17.9 Å². The van der Waals surface area contributed by atoms with Crippen LogP contribution < -0.4 is 19.5 Å². The molecule has 0 saturated carbocycles.